The highest BCUT2D eigenvalue weighted by Gasteiger charge is 2.73. The number of hydrogen-bond donors (Lipinski definition) is 2. The minimum Gasteiger partial charge on any atom is -0.726 e. The SMILES string of the molecule is CC1(C)[C@@H](O)CC[C@]2(C)[C@H]3C(=O)C=C4[C@@H]5C[C@@](C)(C(=O)OCC6CCC[N+]6(C)C)CC[C@]5(C)CC[C@@]4(C)[C@]3(C)CC[C@@H]12.CC1(C)[C@@H](O)CC[C@]2(C)[C@H]3C(=O)C=C4[C@@H]5C[C@@](C)(C(=O)OCC6CCC[N+]6(C)C)CC[C@]5(C)CC[C@@]4(C)[C@]3(C)CC[C@@H]12.COS(=O)(=O)[O-].COS(=O)(=O)[O-]. The molecule has 0 bridgehead atoms. The molecule has 0 aromatic carbocycles. The second kappa shape index (κ2) is 25.6. The van der Waals surface area contributed by atoms with Crippen molar-refractivity contribution in [3.63, 3.8) is 0 Å². The van der Waals surface area contributed by atoms with E-state index in [1.54, 1.807) is 0 Å². The summed E-state index contributed by atoms with van der Waals surface area (Å²) in [4.78, 5) is 56.7. The summed E-state index contributed by atoms with van der Waals surface area (Å²) in [5, 5.41) is 22.0. The second-order valence-electron chi connectivity index (χ2n) is 38.2. The number of carbonyl (C=O) groups is 4. The molecular formula is C76H126N2O16S2. The van der Waals surface area contributed by atoms with Gasteiger partial charge in [-0.05, 0) is 219 Å². The maximum atomic E-state index is 14.5. The largest absolute Gasteiger partial charge is 0.726 e. The summed E-state index contributed by atoms with van der Waals surface area (Å²) in [6.07, 6.45) is 25.8. The van der Waals surface area contributed by atoms with Crippen molar-refractivity contribution in [3.05, 3.63) is 23.3 Å². The highest BCUT2D eigenvalue weighted by atomic mass is 32.3. The molecular weight excluding hydrogens is 1260 g/mol. The number of hydrogen-bond acceptors (Lipinski definition) is 16. The number of rotatable bonds is 8. The molecule has 2 saturated heterocycles. The first-order chi connectivity index (χ1) is 43.8. The molecule has 2 heterocycles. The van der Waals surface area contributed by atoms with Gasteiger partial charge in [-0.1, -0.05) is 94.2 Å². The number of ketones is 2. The van der Waals surface area contributed by atoms with Crippen LogP contribution in [0.3, 0.4) is 0 Å². The molecule has 0 aromatic heterocycles. The van der Waals surface area contributed by atoms with Gasteiger partial charge in [0.15, 0.2) is 11.6 Å². The molecule has 20 atom stereocenters. The maximum absolute atomic E-state index is 14.5. The molecule has 20 heteroatoms. The molecule has 2 N–H and O–H groups in total. The van der Waals surface area contributed by atoms with Crippen molar-refractivity contribution in [2.45, 2.75) is 262 Å². The van der Waals surface area contributed by atoms with E-state index in [-0.39, 0.29) is 102 Å². The first-order valence-electron chi connectivity index (χ1n) is 36.7. The lowest BCUT2D eigenvalue weighted by Crippen LogP contribution is -2.66. The Hall–Kier alpha value is -2.66. The Morgan fingerprint density at radius 2 is 0.802 bits per heavy atom. The molecule has 0 spiro atoms. The van der Waals surface area contributed by atoms with Gasteiger partial charge in [0.1, 0.15) is 25.3 Å². The van der Waals surface area contributed by atoms with Crippen molar-refractivity contribution in [2.75, 3.05) is 68.7 Å². The number of likely N-dealkylation sites (N-methyl/N-ethyl adjacent to an activating group) is 2. The topological polar surface area (TPSA) is 260 Å². The molecule has 8 saturated carbocycles. The van der Waals surface area contributed by atoms with Gasteiger partial charge in [-0.25, -0.2) is 16.8 Å². The van der Waals surface area contributed by atoms with Crippen molar-refractivity contribution in [1.29, 1.82) is 0 Å². The molecule has 96 heavy (non-hydrogen) atoms. The van der Waals surface area contributed by atoms with Crippen molar-refractivity contribution < 1.29 is 82.1 Å². The lowest BCUT2D eigenvalue weighted by atomic mass is 9.33. The van der Waals surface area contributed by atoms with Crippen molar-refractivity contribution >= 4 is 44.3 Å². The molecule has 0 aromatic rings. The summed E-state index contributed by atoms with van der Waals surface area (Å²) in [5.41, 5.74) is 1.04. The Balaban J connectivity index is 0.000000193. The van der Waals surface area contributed by atoms with E-state index in [2.05, 4.69) is 146 Å². The maximum Gasteiger partial charge on any atom is 0.312 e. The van der Waals surface area contributed by atoms with E-state index in [4.69, 9.17) is 9.47 Å². The number of carbonyl (C=O) groups excluding carboxylic acids is 4. The molecule has 18 nitrogen and oxygen atoms in total. The average Bonchev–Trinajstić information content (AvgIpc) is 0.864. The van der Waals surface area contributed by atoms with Gasteiger partial charge in [0.25, 0.3) is 0 Å². The number of esters is 2. The van der Waals surface area contributed by atoms with Crippen LogP contribution < -0.4 is 0 Å². The number of quaternary nitrogens is 2. The lowest BCUT2D eigenvalue weighted by Gasteiger charge is -2.70. The zero-order chi connectivity index (χ0) is 71.9. The number of allylic oxidation sites excluding steroid dienone is 4. The zero-order valence-corrected chi connectivity index (χ0v) is 64.3. The summed E-state index contributed by atoms with van der Waals surface area (Å²) in [6.45, 7) is 36.1. The van der Waals surface area contributed by atoms with Gasteiger partial charge in [-0.3, -0.25) is 27.5 Å². The van der Waals surface area contributed by atoms with E-state index < -0.39 is 31.6 Å². The highest BCUT2D eigenvalue weighted by molar-refractivity contribution is 7.81. The van der Waals surface area contributed by atoms with E-state index in [9.17, 15) is 55.3 Å². The summed E-state index contributed by atoms with van der Waals surface area (Å²) in [5.74, 6) is 1.74. The summed E-state index contributed by atoms with van der Waals surface area (Å²) >= 11 is 0. The first kappa shape index (κ1) is 77.5. The normalized spacial score (nSPS) is 46.0. The molecule has 0 amide bonds. The number of nitrogens with zero attached hydrogens (tertiary/aromatic N) is 2. The van der Waals surface area contributed by atoms with E-state index in [1.165, 1.54) is 24.0 Å². The van der Waals surface area contributed by atoms with Crippen molar-refractivity contribution in [3.8, 4) is 0 Å². The van der Waals surface area contributed by atoms with Crippen LogP contribution in [0.25, 0.3) is 0 Å². The van der Waals surface area contributed by atoms with Gasteiger partial charge < -0.3 is 37.8 Å². The Kier molecular flexibility index (Phi) is 20.7. The monoisotopic (exact) mass is 1390 g/mol. The van der Waals surface area contributed by atoms with Gasteiger partial charge >= 0.3 is 11.9 Å². The minimum absolute atomic E-state index is 0.0125. The minimum atomic E-state index is -4.41. The number of ether oxygens (including phenoxy) is 2. The number of aliphatic hydroxyl groups is 2. The zero-order valence-electron chi connectivity index (χ0n) is 62.6. The third-order valence-corrected chi connectivity index (χ3v) is 32.7. The van der Waals surface area contributed by atoms with Gasteiger partial charge in [0, 0.05) is 37.5 Å². The highest BCUT2D eigenvalue weighted by Crippen LogP contribution is 2.77. The smallest absolute Gasteiger partial charge is 0.312 e. The predicted octanol–water partition coefficient (Wildman–Crippen LogP) is 12.4. The summed E-state index contributed by atoms with van der Waals surface area (Å²) in [7, 11) is 1.82. The third kappa shape index (κ3) is 13.0. The van der Waals surface area contributed by atoms with Crippen LogP contribution in [0.2, 0.25) is 0 Å². The first-order valence-corrected chi connectivity index (χ1v) is 39.4. The summed E-state index contributed by atoms with van der Waals surface area (Å²) in [6, 6.07) is 0.782. The van der Waals surface area contributed by atoms with E-state index in [1.807, 2.05) is 0 Å². The van der Waals surface area contributed by atoms with Crippen LogP contribution in [-0.2, 0) is 57.8 Å². The van der Waals surface area contributed by atoms with Gasteiger partial charge in [-0.2, -0.15) is 0 Å². The molecule has 12 aliphatic rings. The summed E-state index contributed by atoms with van der Waals surface area (Å²) < 4.78 is 76.2. The van der Waals surface area contributed by atoms with E-state index >= 15 is 0 Å². The second-order valence-corrected chi connectivity index (χ2v) is 40.5. The Bertz CT molecular complexity index is 3090. The van der Waals surface area contributed by atoms with Gasteiger partial charge in [-0.15, -0.1) is 0 Å². The Morgan fingerprint density at radius 1 is 0.490 bits per heavy atom. The molecule has 10 fully saturated rings. The van der Waals surface area contributed by atoms with E-state index in [0.717, 1.165) is 165 Å². The fraction of sp³-hybridized carbons (Fsp3) is 0.895. The van der Waals surface area contributed by atoms with Crippen LogP contribution in [0.15, 0.2) is 23.3 Å². The molecule has 0 radical (unpaired) electrons. The van der Waals surface area contributed by atoms with Crippen LogP contribution in [0.4, 0.5) is 0 Å². The molecule has 10 aliphatic carbocycles. The Morgan fingerprint density at radius 3 is 1.09 bits per heavy atom. The predicted molar refractivity (Wildman–Crippen MR) is 366 cm³/mol. The molecule has 2 aliphatic heterocycles. The average molecular weight is 1390 g/mol. The van der Waals surface area contributed by atoms with Crippen molar-refractivity contribution in [2.24, 2.45) is 100 Å². The molecule has 12 rings (SSSR count). The third-order valence-electron chi connectivity index (χ3n) is 31.8. The number of fused-ring (bicyclic) bond motifs is 14. The van der Waals surface area contributed by atoms with Gasteiger partial charge in [0.2, 0.25) is 20.8 Å². The fourth-order valence-corrected chi connectivity index (χ4v) is 24.5. The van der Waals surface area contributed by atoms with Crippen molar-refractivity contribution in [1.82, 2.24) is 0 Å². The van der Waals surface area contributed by atoms with Crippen LogP contribution >= 0.6 is 0 Å². The van der Waals surface area contributed by atoms with Crippen LogP contribution in [0.1, 0.15) is 238 Å². The standard InChI is InChI=1S/2C37H60NO4.2CH4O4S/c2*1-32(2)28-12-15-37(7)30(35(28,5)14-13-29(32)40)27(39)21-25-26-22-34(4,17-16-33(26,3)18-19-36(25,37)6)31(41)42-23-24-11-10-20-38(24,8)9;2*1-5-6(2,3)4/h2*21,24,26,28-30,40H,10-20,22-23H2,1-9H3;2*1H3,(H,2,3,4)/q2*+1;;/p-2/t2*24?,26-,28-,29-,30+,33+,34-,35-,36+,37+;;/m00../s1. The van der Waals surface area contributed by atoms with E-state index in [0.29, 0.717) is 48.7 Å². The molecule has 2 unspecified atom stereocenters. The Labute approximate surface area is 578 Å². The number of likely N-dealkylation sites (tertiary alicyclic amines) is 2. The number of aliphatic hydroxyl groups excluding tert-OH is 2. The van der Waals surface area contributed by atoms with Crippen LogP contribution in [0.5, 0.6) is 0 Å². The quantitative estimate of drug-likeness (QED) is 0.0990. The fourth-order valence-electron chi connectivity index (χ4n) is 24.5. The van der Waals surface area contributed by atoms with Gasteiger partial charge in [0.05, 0.1) is 78.5 Å². The van der Waals surface area contributed by atoms with Crippen LogP contribution in [0, 0.1) is 100 Å². The van der Waals surface area contributed by atoms with Crippen LogP contribution in [-0.4, -0.2) is 162 Å². The molecule has 548 valence electrons. The lowest BCUT2D eigenvalue weighted by molar-refractivity contribution is -0.902.